The van der Waals surface area contributed by atoms with Gasteiger partial charge in [-0.2, -0.15) is 26.3 Å². The fourth-order valence-electron chi connectivity index (χ4n) is 4.27. The van der Waals surface area contributed by atoms with E-state index in [2.05, 4.69) is 16.5 Å². The zero-order chi connectivity index (χ0) is 30.7. The monoisotopic (exact) mass is 626 g/mol. The first-order valence-electron chi connectivity index (χ1n) is 13.1. The zero-order valence-corrected chi connectivity index (χ0v) is 24.1. The first-order valence-corrected chi connectivity index (χ1v) is 14.8. The molecule has 2 unspecified atom stereocenters. The minimum absolute atomic E-state index is 0.366. The van der Waals surface area contributed by atoms with Crippen LogP contribution in [0.1, 0.15) is 70.7 Å². The number of aliphatic hydroxyl groups is 2. The third-order valence-electron chi connectivity index (χ3n) is 6.56. The molecule has 0 fully saturated rings. The lowest BCUT2D eigenvalue weighted by Gasteiger charge is -2.17. The molecule has 0 spiro atoms. The van der Waals surface area contributed by atoms with E-state index in [1.54, 1.807) is 6.08 Å². The highest BCUT2D eigenvalue weighted by Gasteiger charge is 2.33. The molecule has 4 rings (SSSR count). The Bertz CT molecular complexity index is 1490. The van der Waals surface area contributed by atoms with Gasteiger partial charge in [0.2, 0.25) is 0 Å². The topological polar surface area (TPSA) is 66.2 Å². The molecule has 0 aliphatic heterocycles. The van der Waals surface area contributed by atoms with E-state index in [0.717, 1.165) is 59.8 Å². The van der Waals surface area contributed by atoms with Crippen molar-refractivity contribution in [3.63, 3.8) is 0 Å². The predicted octanol–water partition coefficient (Wildman–Crippen LogP) is 9.20. The summed E-state index contributed by atoms with van der Waals surface area (Å²) in [6, 6.07) is 9.15. The number of allylic oxidation sites excluding steroid dienone is 1. The Morgan fingerprint density at radius 1 is 0.738 bits per heavy atom. The average molecular weight is 627 g/mol. The van der Waals surface area contributed by atoms with Crippen LogP contribution in [0.2, 0.25) is 0 Å². The maximum absolute atomic E-state index is 13.0. The van der Waals surface area contributed by atoms with Crippen LogP contribution in [0.5, 0.6) is 0 Å². The van der Waals surface area contributed by atoms with Crippen molar-refractivity contribution in [3.05, 3.63) is 93.5 Å². The van der Waals surface area contributed by atoms with Crippen LogP contribution >= 0.6 is 22.7 Å². The zero-order valence-electron chi connectivity index (χ0n) is 22.5. The van der Waals surface area contributed by atoms with E-state index in [1.807, 2.05) is 6.92 Å². The van der Waals surface area contributed by atoms with Gasteiger partial charge in [0.05, 0.1) is 32.3 Å². The first kappa shape index (κ1) is 31.9. The number of rotatable bonds is 11. The lowest BCUT2D eigenvalue weighted by molar-refractivity contribution is -0.138. The molecule has 2 aromatic heterocycles. The van der Waals surface area contributed by atoms with Crippen LogP contribution in [0.15, 0.2) is 61.2 Å². The van der Waals surface area contributed by atoms with Gasteiger partial charge in [0, 0.05) is 11.1 Å². The number of thiazole rings is 2. The summed E-state index contributed by atoms with van der Waals surface area (Å²) in [5, 5.41) is 23.6. The highest BCUT2D eigenvalue weighted by atomic mass is 32.1. The highest BCUT2D eigenvalue weighted by molar-refractivity contribution is 7.15. The lowest BCUT2D eigenvalue weighted by Crippen LogP contribution is -2.11. The number of benzene rings is 2. The van der Waals surface area contributed by atoms with Crippen LogP contribution < -0.4 is 0 Å². The Kier molecular flexibility index (Phi) is 9.92. The lowest BCUT2D eigenvalue weighted by atomic mass is 10.0. The molecule has 0 saturated carbocycles. The van der Waals surface area contributed by atoms with Gasteiger partial charge in [-0.05, 0) is 49.9 Å². The van der Waals surface area contributed by atoms with E-state index < -0.39 is 35.7 Å². The maximum atomic E-state index is 13.0. The van der Waals surface area contributed by atoms with Crippen molar-refractivity contribution in [2.45, 2.75) is 63.6 Å². The standard InChI is InChI=1S/C30H28F6N2O2S2/c1-3-5-7-21-25(41-27(37-21)17-9-13-19(14-10-17)29(31,32)33)23(39)24(40)26-22(8-6-4-2)38-28(42-26)18-11-15-20(16-12-18)30(34,35)36/h3,9-16,23-24,39-40H,1,4-8H2,2H3. The number of halogens is 6. The minimum atomic E-state index is -4.48. The number of aliphatic hydroxyl groups excluding tert-OH is 2. The Hall–Kier alpha value is -3.06. The quantitative estimate of drug-likeness (QED) is 0.129. The Balaban J connectivity index is 1.69. The SMILES string of the molecule is C=CCCc1nc(-c2ccc(C(F)(F)F)cc2)sc1C(O)C(O)c1sc(-c2ccc(C(F)(F)F)cc2)nc1CCCC. The molecular formula is C30H28F6N2O2S2. The third kappa shape index (κ3) is 7.28. The van der Waals surface area contributed by atoms with Gasteiger partial charge in [-0.25, -0.2) is 9.97 Å². The minimum Gasteiger partial charge on any atom is -0.384 e. The number of aryl methyl sites for hydroxylation is 2. The summed E-state index contributed by atoms with van der Waals surface area (Å²) in [5.74, 6) is 0. The third-order valence-corrected chi connectivity index (χ3v) is 9.00. The molecule has 0 aliphatic rings. The molecule has 0 bridgehead atoms. The number of hydrogen-bond donors (Lipinski definition) is 2. The number of unbranched alkanes of at least 4 members (excludes halogenated alkanes) is 1. The van der Waals surface area contributed by atoms with Crippen LogP contribution in [0, 0.1) is 0 Å². The number of aromatic nitrogens is 2. The van der Waals surface area contributed by atoms with E-state index in [0.29, 0.717) is 61.5 Å². The van der Waals surface area contributed by atoms with Gasteiger partial charge >= 0.3 is 12.4 Å². The molecule has 2 atom stereocenters. The largest absolute Gasteiger partial charge is 0.416 e. The Labute approximate surface area is 247 Å². The number of nitrogens with zero attached hydrogens (tertiary/aromatic N) is 2. The van der Waals surface area contributed by atoms with Crippen molar-refractivity contribution in [2.75, 3.05) is 0 Å². The fourth-order valence-corrected chi connectivity index (χ4v) is 6.53. The van der Waals surface area contributed by atoms with Crippen LogP contribution in [0.4, 0.5) is 26.3 Å². The molecule has 4 nitrogen and oxygen atoms in total. The van der Waals surface area contributed by atoms with E-state index >= 15 is 0 Å². The van der Waals surface area contributed by atoms with Crippen molar-refractivity contribution >= 4 is 22.7 Å². The predicted molar refractivity (Wildman–Crippen MR) is 152 cm³/mol. The number of hydrogen-bond acceptors (Lipinski definition) is 6. The molecule has 42 heavy (non-hydrogen) atoms. The molecule has 0 amide bonds. The van der Waals surface area contributed by atoms with Crippen molar-refractivity contribution < 1.29 is 36.6 Å². The molecule has 0 aliphatic carbocycles. The second kappa shape index (κ2) is 13.1. The maximum Gasteiger partial charge on any atom is 0.416 e. The summed E-state index contributed by atoms with van der Waals surface area (Å²) in [6.45, 7) is 5.70. The van der Waals surface area contributed by atoms with Crippen LogP contribution in [0.3, 0.4) is 0 Å². The molecule has 2 N–H and O–H groups in total. The molecule has 2 aromatic carbocycles. The van der Waals surface area contributed by atoms with E-state index in [9.17, 15) is 36.6 Å². The van der Waals surface area contributed by atoms with E-state index in [4.69, 9.17) is 0 Å². The van der Waals surface area contributed by atoms with Crippen molar-refractivity contribution in [2.24, 2.45) is 0 Å². The van der Waals surface area contributed by atoms with Gasteiger partial charge in [0.25, 0.3) is 0 Å². The number of alkyl halides is 6. The molecule has 2 heterocycles. The van der Waals surface area contributed by atoms with E-state index in [-0.39, 0.29) is 0 Å². The van der Waals surface area contributed by atoms with Gasteiger partial charge in [-0.3, -0.25) is 0 Å². The molecular weight excluding hydrogens is 598 g/mol. The van der Waals surface area contributed by atoms with E-state index in [1.165, 1.54) is 24.3 Å². The first-order chi connectivity index (χ1) is 19.8. The van der Waals surface area contributed by atoms with Crippen molar-refractivity contribution in [3.8, 4) is 21.1 Å². The van der Waals surface area contributed by atoms with Gasteiger partial charge in [0.1, 0.15) is 22.2 Å². The summed E-state index contributed by atoms with van der Waals surface area (Å²) in [7, 11) is 0. The summed E-state index contributed by atoms with van der Waals surface area (Å²) in [6.07, 6.45) is -7.14. The van der Waals surface area contributed by atoms with Crippen molar-refractivity contribution in [1.82, 2.24) is 9.97 Å². The molecule has 0 saturated heterocycles. The summed E-state index contributed by atoms with van der Waals surface area (Å²) >= 11 is 2.18. The molecule has 4 aromatic rings. The van der Waals surface area contributed by atoms with Crippen LogP contribution in [-0.2, 0) is 25.2 Å². The Morgan fingerprint density at radius 2 is 1.14 bits per heavy atom. The molecule has 12 heteroatoms. The normalized spacial score (nSPS) is 13.7. The smallest absolute Gasteiger partial charge is 0.384 e. The summed E-state index contributed by atoms with van der Waals surface area (Å²) in [5.41, 5.74) is 0.344. The van der Waals surface area contributed by atoms with Crippen LogP contribution in [0.25, 0.3) is 21.1 Å². The second-order valence-corrected chi connectivity index (χ2v) is 11.7. The summed E-state index contributed by atoms with van der Waals surface area (Å²) in [4.78, 5) is 9.94. The van der Waals surface area contributed by atoms with Gasteiger partial charge in [0.15, 0.2) is 0 Å². The van der Waals surface area contributed by atoms with Gasteiger partial charge in [-0.15, -0.1) is 29.3 Å². The van der Waals surface area contributed by atoms with Gasteiger partial charge in [-0.1, -0.05) is 43.7 Å². The van der Waals surface area contributed by atoms with Crippen molar-refractivity contribution in [1.29, 1.82) is 0 Å². The molecule has 0 radical (unpaired) electrons. The average Bonchev–Trinajstić information content (AvgIpc) is 3.58. The second-order valence-electron chi connectivity index (χ2n) is 9.63. The fraction of sp³-hybridized carbons (Fsp3) is 0.333. The summed E-state index contributed by atoms with van der Waals surface area (Å²) < 4.78 is 78.2. The Morgan fingerprint density at radius 3 is 1.50 bits per heavy atom. The highest BCUT2D eigenvalue weighted by Crippen LogP contribution is 2.43. The molecule has 224 valence electrons. The van der Waals surface area contributed by atoms with Gasteiger partial charge < -0.3 is 10.2 Å². The van der Waals surface area contributed by atoms with Crippen LogP contribution in [-0.4, -0.2) is 20.2 Å².